The molecule has 1 fully saturated rings. The van der Waals surface area contributed by atoms with Crippen molar-refractivity contribution in [1.82, 2.24) is 20.0 Å². The van der Waals surface area contributed by atoms with Gasteiger partial charge in [0.2, 0.25) is 0 Å². The molecule has 3 heterocycles. The molecule has 6 rings (SSSR count). The molecule has 2 aliphatic heterocycles. The zero-order valence-electron chi connectivity index (χ0n) is 24.3. The maximum absolute atomic E-state index is 14.1. The van der Waals surface area contributed by atoms with Crippen molar-refractivity contribution in [2.45, 2.75) is 38.4 Å². The Labute approximate surface area is 246 Å². The summed E-state index contributed by atoms with van der Waals surface area (Å²) >= 11 is 0. The molecule has 0 saturated carbocycles. The van der Waals surface area contributed by atoms with Crippen LogP contribution >= 0.6 is 0 Å². The number of nitrogens with one attached hydrogen (secondary N) is 3. The Hall–Kier alpha value is -4.63. The number of aromatic nitrogens is 2. The van der Waals surface area contributed by atoms with E-state index >= 15 is 0 Å². The average Bonchev–Trinajstić information content (AvgIpc) is 3.51. The molecule has 216 valence electrons. The second-order valence-corrected chi connectivity index (χ2v) is 11.7. The van der Waals surface area contributed by atoms with E-state index < -0.39 is 5.54 Å². The van der Waals surface area contributed by atoms with Crippen molar-refractivity contribution in [2.24, 2.45) is 0 Å². The lowest BCUT2D eigenvalue weighted by Crippen LogP contribution is -3.13. The molecule has 0 aliphatic carbocycles. The molecule has 4 aromatic rings. The lowest BCUT2D eigenvalue weighted by Gasteiger charge is -2.42. The standard InChI is InChI=1S/C33H36N6O3/c1-33(2)29-28(22-39(33)32(41)38-18-17-37(3)21-25(38)19-23-11-6-4-7-12-23)30(36-35-29)34-31(40)24-13-10-16-27(20-24)42-26-14-8-5-9-15-26/h4-16,20,25H,17-19,21-22H2,1-3H3,(H2,34,35,36,40)/p+1/t25-/m0/s1. The van der Waals surface area contributed by atoms with Gasteiger partial charge >= 0.3 is 6.03 Å². The third-order valence-electron chi connectivity index (χ3n) is 8.37. The number of likely N-dealkylation sites (N-methyl/N-ethyl adjacent to an activating group) is 1. The van der Waals surface area contributed by atoms with Gasteiger partial charge in [-0.2, -0.15) is 5.10 Å². The fourth-order valence-electron chi connectivity index (χ4n) is 6.01. The fraction of sp³-hybridized carbons (Fsp3) is 0.303. The molecule has 9 nitrogen and oxygen atoms in total. The van der Waals surface area contributed by atoms with E-state index in [1.807, 2.05) is 78.2 Å². The maximum Gasteiger partial charge on any atom is 0.321 e. The van der Waals surface area contributed by atoms with Crippen LogP contribution in [0, 0.1) is 0 Å². The summed E-state index contributed by atoms with van der Waals surface area (Å²) in [6, 6.07) is 27.0. The van der Waals surface area contributed by atoms with Crippen LogP contribution in [0.3, 0.4) is 0 Å². The monoisotopic (exact) mass is 565 g/mol. The van der Waals surface area contributed by atoms with Crippen LogP contribution in [0.2, 0.25) is 0 Å². The molecule has 42 heavy (non-hydrogen) atoms. The molecule has 2 aliphatic rings. The van der Waals surface area contributed by atoms with Crippen molar-refractivity contribution in [3.8, 4) is 11.5 Å². The Balaban J connectivity index is 1.18. The summed E-state index contributed by atoms with van der Waals surface area (Å²) in [4.78, 5) is 32.8. The summed E-state index contributed by atoms with van der Waals surface area (Å²) in [6.45, 7) is 6.92. The van der Waals surface area contributed by atoms with E-state index in [0.717, 1.165) is 30.8 Å². The van der Waals surface area contributed by atoms with Crippen LogP contribution in [-0.4, -0.2) is 64.7 Å². The fourth-order valence-corrected chi connectivity index (χ4v) is 6.01. The lowest BCUT2D eigenvalue weighted by molar-refractivity contribution is -0.887. The molecule has 3 amide bonds. The van der Waals surface area contributed by atoms with Gasteiger partial charge in [-0.25, -0.2) is 4.79 Å². The van der Waals surface area contributed by atoms with Gasteiger partial charge in [0.1, 0.15) is 11.5 Å². The summed E-state index contributed by atoms with van der Waals surface area (Å²) in [5.74, 6) is 1.41. The number of aromatic amines is 1. The molecule has 0 radical (unpaired) electrons. The number of hydrogen-bond donors (Lipinski definition) is 3. The first-order valence-corrected chi connectivity index (χ1v) is 14.4. The van der Waals surface area contributed by atoms with E-state index in [-0.39, 0.29) is 18.0 Å². The number of H-pyrrole nitrogens is 1. The number of rotatable bonds is 6. The molecule has 1 saturated heterocycles. The van der Waals surface area contributed by atoms with Crippen molar-refractivity contribution in [1.29, 1.82) is 0 Å². The zero-order valence-corrected chi connectivity index (χ0v) is 24.3. The first-order valence-electron chi connectivity index (χ1n) is 14.4. The lowest BCUT2D eigenvalue weighted by atomic mass is 10.00. The Morgan fingerprint density at radius 2 is 1.74 bits per heavy atom. The van der Waals surface area contributed by atoms with E-state index in [1.54, 1.807) is 18.2 Å². The topological polar surface area (TPSA) is 95.0 Å². The molecule has 2 atom stereocenters. The highest BCUT2D eigenvalue weighted by Crippen LogP contribution is 2.41. The molecule has 1 unspecified atom stereocenters. The van der Waals surface area contributed by atoms with Crippen LogP contribution in [0.4, 0.5) is 10.6 Å². The van der Waals surface area contributed by atoms with Gasteiger partial charge in [0.25, 0.3) is 5.91 Å². The van der Waals surface area contributed by atoms with Crippen LogP contribution in [0.15, 0.2) is 84.9 Å². The van der Waals surface area contributed by atoms with E-state index in [9.17, 15) is 9.59 Å². The van der Waals surface area contributed by atoms with Gasteiger partial charge in [-0.15, -0.1) is 0 Å². The molecule has 0 bridgehead atoms. The Kier molecular flexibility index (Phi) is 7.43. The van der Waals surface area contributed by atoms with Crippen LogP contribution < -0.4 is 15.0 Å². The first kappa shape index (κ1) is 27.5. The summed E-state index contributed by atoms with van der Waals surface area (Å²) in [5.41, 5.74) is 2.74. The number of nitrogens with zero attached hydrogens (tertiary/aromatic N) is 3. The molecule has 9 heteroatoms. The quantitative estimate of drug-likeness (QED) is 0.329. The SMILES string of the molecule is C[NH+]1CCN(C(=O)N2Cc3c(NC(=O)c4cccc(Oc5ccccc5)c4)n[nH]c3C2(C)C)[C@@H](Cc2ccccc2)C1. The van der Waals surface area contributed by atoms with Gasteiger partial charge in [-0.1, -0.05) is 54.6 Å². The highest BCUT2D eigenvalue weighted by Gasteiger charge is 2.47. The van der Waals surface area contributed by atoms with Crippen molar-refractivity contribution in [3.63, 3.8) is 0 Å². The summed E-state index contributed by atoms with van der Waals surface area (Å²) in [5, 5.41) is 10.5. The van der Waals surface area contributed by atoms with Gasteiger partial charge in [0.15, 0.2) is 5.82 Å². The highest BCUT2D eigenvalue weighted by atomic mass is 16.5. The van der Waals surface area contributed by atoms with E-state index in [2.05, 4.69) is 34.7 Å². The Morgan fingerprint density at radius 3 is 2.50 bits per heavy atom. The van der Waals surface area contributed by atoms with Gasteiger partial charge in [-0.3, -0.25) is 9.89 Å². The molecule has 3 N–H and O–H groups in total. The number of carbonyl (C=O) groups is 2. The molecular weight excluding hydrogens is 528 g/mol. The predicted molar refractivity (Wildman–Crippen MR) is 161 cm³/mol. The number of anilines is 1. The summed E-state index contributed by atoms with van der Waals surface area (Å²) < 4.78 is 5.90. The largest absolute Gasteiger partial charge is 0.457 e. The van der Waals surface area contributed by atoms with Gasteiger partial charge < -0.3 is 24.8 Å². The number of fused-ring (bicyclic) bond motifs is 1. The molecular formula is C33H37N6O3+. The predicted octanol–water partition coefficient (Wildman–Crippen LogP) is 4.07. The minimum absolute atomic E-state index is 0.0149. The van der Waals surface area contributed by atoms with Crippen LogP contribution in [0.25, 0.3) is 0 Å². The van der Waals surface area contributed by atoms with E-state index in [4.69, 9.17) is 4.74 Å². The first-order chi connectivity index (χ1) is 20.3. The normalized spacial score (nSPS) is 19.3. The highest BCUT2D eigenvalue weighted by molar-refractivity contribution is 6.04. The van der Waals surface area contributed by atoms with Gasteiger partial charge in [-0.05, 0) is 56.2 Å². The third-order valence-corrected chi connectivity index (χ3v) is 8.37. The summed E-state index contributed by atoms with van der Waals surface area (Å²) in [7, 11) is 2.19. The van der Waals surface area contributed by atoms with Gasteiger partial charge in [0.05, 0.1) is 50.5 Å². The number of carbonyl (C=O) groups excluding carboxylic acids is 2. The minimum Gasteiger partial charge on any atom is -0.457 e. The number of benzene rings is 3. The third kappa shape index (κ3) is 5.47. The Morgan fingerprint density at radius 1 is 1.02 bits per heavy atom. The summed E-state index contributed by atoms with van der Waals surface area (Å²) in [6.07, 6.45) is 0.819. The smallest absolute Gasteiger partial charge is 0.321 e. The molecule has 3 aromatic carbocycles. The number of hydrogen-bond acceptors (Lipinski definition) is 4. The van der Waals surface area contributed by atoms with E-state index in [0.29, 0.717) is 36.0 Å². The van der Waals surface area contributed by atoms with Crippen molar-refractivity contribution >= 4 is 17.8 Å². The molecule has 1 aromatic heterocycles. The molecule has 0 spiro atoms. The number of piperazine rings is 1. The number of para-hydroxylation sites is 1. The number of amides is 3. The number of urea groups is 1. The number of ether oxygens (including phenoxy) is 1. The maximum atomic E-state index is 14.1. The van der Waals surface area contributed by atoms with Crippen LogP contribution in [0.5, 0.6) is 11.5 Å². The zero-order chi connectivity index (χ0) is 29.3. The van der Waals surface area contributed by atoms with Gasteiger partial charge in [0, 0.05) is 11.1 Å². The second kappa shape index (κ2) is 11.3. The van der Waals surface area contributed by atoms with E-state index in [1.165, 1.54) is 10.5 Å². The van der Waals surface area contributed by atoms with Crippen LogP contribution in [0.1, 0.15) is 41.0 Å². The van der Waals surface area contributed by atoms with Crippen molar-refractivity contribution in [2.75, 3.05) is 32.0 Å². The Bertz CT molecular complexity index is 1570. The van der Waals surface area contributed by atoms with Crippen LogP contribution in [-0.2, 0) is 18.5 Å². The minimum atomic E-state index is -0.612. The number of quaternary nitrogens is 1. The van der Waals surface area contributed by atoms with Crippen molar-refractivity contribution in [3.05, 3.63) is 107 Å². The van der Waals surface area contributed by atoms with Crippen molar-refractivity contribution < 1.29 is 19.2 Å². The second-order valence-electron chi connectivity index (χ2n) is 11.7. The average molecular weight is 566 g/mol.